The quantitative estimate of drug-likeness (QED) is 0.392. The maximum Gasteiger partial charge on any atom is 0.239 e. The molecule has 1 fully saturated rings. The molecule has 3 rings (SSSR count). The first kappa shape index (κ1) is 29.5. The van der Waals surface area contributed by atoms with Gasteiger partial charge in [-0.25, -0.2) is 21.6 Å². The van der Waals surface area contributed by atoms with Crippen LogP contribution in [0.2, 0.25) is 0 Å². The topological polar surface area (TPSA) is 130 Å². The Hall–Kier alpha value is -2.01. The van der Waals surface area contributed by atoms with Crippen molar-refractivity contribution in [1.82, 2.24) is 10.0 Å². The fraction of sp³-hybridized carbons (Fsp3) is 0.593. The summed E-state index contributed by atoms with van der Waals surface area (Å²) in [5.41, 5.74) is 0. The molecule has 1 aliphatic carbocycles. The molecule has 1 saturated carbocycles. The molecule has 206 valence electrons. The number of rotatable bonds is 11. The average Bonchev–Trinajstić information content (AvgIpc) is 2.82. The Balaban J connectivity index is 1.76. The van der Waals surface area contributed by atoms with Crippen molar-refractivity contribution in [1.29, 1.82) is 0 Å². The number of hydrogen-bond acceptors (Lipinski definition) is 6. The zero-order chi connectivity index (χ0) is 27.4. The highest BCUT2D eigenvalue weighted by molar-refractivity contribution is 7.91. The summed E-state index contributed by atoms with van der Waals surface area (Å²) in [7, 11) is -7.91. The first-order valence-electron chi connectivity index (χ1n) is 13.0. The molecular weight excluding hydrogens is 512 g/mol. The molecule has 0 saturated heterocycles. The SMILES string of the molecule is CCC(NC(=O)C(CS(=O)(=O)c1ccc2ccccc2c1)NS(C)(=O)=O)C(O)CC1CCC(C)CC1C. The molecule has 0 radical (unpaired) electrons. The van der Waals surface area contributed by atoms with Gasteiger partial charge in [-0.1, -0.05) is 57.5 Å². The van der Waals surface area contributed by atoms with Crippen LogP contribution in [-0.2, 0) is 24.7 Å². The van der Waals surface area contributed by atoms with E-state index in [9.17, 15) is 26.7 Å². The Labute approximate surface area is 221 Å². The molecule has 0 bridgehead atoms. The molecule has 6 unspecified atom stereocenters. The first-order valence-corrected chi connectivity index (χ1v) is 16.5. The Morgan fingerprint density at radius 1 is 1.05 bits per heavy atom. The van der Waals surface area contributed by atoms with E-state index in [0.29, 0.717) is 30.6 Å². The first-order chi connectivity index (χ1) is 17.3. The molecule has 3 N–H and O–H groups in total. The van der Waals surface area contributed by atoms with Crippen LogP contribution in [0.25, 0.3) is 10.8 Å². The van der Waals surface area contributed by atoms with Crippen molar-refractivity contribution in [2.24, 2.45) is 17.8 Å². The molecule has 0 aromatic heterocycles. The van der Waals surface area contributed by atoms with E-state index in [1.54, 1.807) is 18.2 Å². The lowest BCUT2D eigenvalue weighted by atomic mass is 9.73. The van der Waals surface area contributed by atoms with E-state index < -0.39 is 49.7 Å². The van der Waals surface area contributed by atoms with Gasteiger partial charge in [0.1, 0.15) is 6.04 Å². The summed E-state index contributed by atoms with van der Waals surface area (Å²) in [4.78, 5) is 13.2. The maximum atomic E-state index is 13.2. The summed E-state index contributed by atoms with van der Waals surface area (Å²) < 4.78 is 52.7. The molecule has 8 nitrogen and oxygen atoms in total. The van der Waals surface area contributed by atoms with Crippen LogP contribution in [0.4, 0.5) is 0 Å². The predicted octanol–water partition coefficient (Wildman–Crippen LogP) is 3.25. The number of hydrogen-bond donors (Lipinski definition) is 3. The van der Waals surface area contributed by atoms with Gasteiger partial charge in [0.15, 0.2) is 9.84 Å². The summed E-state index contributed by atoms with van der Waals surface area (Å²) in [6.45, 7) is 6.25. The van der Waals surface area contributed by atoms with E-state index in [0.717, 1.165) is 36.3 Å². The minimum Gasteiger partial charge on any atom is -0.391 e. The number of carbonyl (C=O) groups is 1. The van der Waals surface area contributed by atoms with Gasteiger partial charge in [0.2, 0.25) is 15.9 Å². The van der Waals surface area contributed by atoms with E-state index in [1.165, 1.54) is 12.1 Å². The summed E-state index contributed by atoms with van der Waals surface area (Å²) in [6, 6.07) is 9.78. The monoisotopic (exact) mass is 552 g/mol. The summed E-state index contributed by atoms with van der Waals surface area (Å²) in [5.74, 6) is -0.0360. The molecule has 2 aromatic rings. The summed E-state index contributed by atoms with van der Waals surface area (Å²) >= 11 is 0. The third-order valence-electron chi connectivity index (χ3n) is 7.52. The lowest BCUT2D eigenvalue weighted by Crippen LogP contribution is -2.54. The average molecular weight is 553 g/mol. The molecular formula is C27H40N2O6S2. The molecule has 10 heteroatoms. The third-order valence-corrected chi connectivity index (χ3v) is 9.98. The van der Waals surface area contributed by atoms with E-state index in [2.05, 4.69) is 23.9 Å². The van der Waals surface area contributed by atoms with Gasteiger partial charge in [0.25, 0.3) is 0 Å². The van der Waals surface area contributed by atoms with Crippen LogP contribution in [-0.4, -0.2) is 58.0 Å². The molecule has 0 heterocycles. The summed E-state index contributed by atoms with van der Waals surface area (Å²) in [5, 5.41) is 15.3. The van der Waals surface area contributed by atoms with Crippen molar-refractivity contribution in [2.45, 2.75) is 76.0 Å². The van der Waals surface area contributed by atoms with Gasteiger partial charge in [0.05, 0.1) is 29.0 Å². The Morgan fingerprint density at radius 2 is 1.73 bits per heavy atom. The zero-order valence-corrected chi connectivity index (χ0v) is 23.7. The molecule has 37 heavy (non-hydrogen) atoms. The number of nitrogens with one attached hydrogen (secondary N) is 2. The molecule has 2 aromatic carbocycles. The molecule has 0 spiro atoms. The summed E-state index contributed by atoms with van der Waals surface area (Å²) in [6.07, 6.45) is 4.26. The van der Waals surface area contributed by atoms with Crippen molar-refractivity contribution in [3.8, 4) is 0 Å². The van der Waals surface area contributed by atoms with Crippen LogP contribution in [0, 0.1) is 17.8 Å². The lowest BCUT2D eigenvalue weighted by Gasteiger charge is -2.35. The van der Waals surface area contributed by atoms with Crippen LogP contribution < -0.4 is 10.0 Å². The van der Waals surface area contributed by atoms with Crippen molar-refractivity contribution in [2.75, 3.05) is 12.0 Å². The van der Waals surface area contributed by atoms with Crippen molar-refractivity contribution in [3.63, 3.8) is 0 Å². The van der Waals surface area contributed by atoms with Gasteiger partial charge in [0, 0.05) is 0 Å². The lowest BCUT2D eigenvalue weighted by molar-refractivity contribution is -0.124. The fourth-order valence-corrected chi connectivity index (χ4v) is 7.67. The Bertz CT molecular complexity index is 1290. The van der Waals surface area contributed by atoms with E-state index in [4.69, 9.17) is 0 Å². The number of fused-ring (bicyclic) bond motifs is 1. The van der Waals surface area contributed by atoms with E-state index >= 15 is 0 Å². The highest BCUT2D eigenvalue weighted by Gasteiger charge is 2.34. The van der Waals surface area contributed by atoms with Crippen LogP contribution >= 0.6 is 0 Å². The molecule has 1 amide bonds. The predicted molar refractivity (Wildman–Crippen MR) is 146 cm³/mol. The van der Waals surface area contributed by atoms with Gasteiger partial charge >= 0.3 is 0 Å². The highest BCUT2D eigenvalue weighted by atomic mass is 32.2. The molecule has 1 aliphatic rings. The van der Waals surface area contributed by atoms with Crippen LogP contribution in [0.5, 0.6) is 0 Å². The number of benzene rings is 2. The number of aliphatic hydroxyl groups is 1. The number of carbonyl (C=O) groups excluding carboxylic acids is 1. The van der Waals surface area contributed by atoms with Crippen molar-refractivity contribution < 1.29 is 26.7 Å². The zero-order valence-electron chi connectivity index (χ0n) is 22.1. The number of sulfonamides is 1. The van der Waals surface area contributed by atoms with Crippen LogP contribution in [0.15, 0.2) is 47.4 Å². The third kappa shape index (κ3) is 8.24. The smallest absolute Gasteiger partial charge is 0.239 e. The minimum atomic E-state index is -4.02. The van der Waals surface area contributed by atoms with Crippen molar-refractivity contribution >= 4 is 36.5 Å². The van der Waals surface area contributed by atoms with Gasteiger partial charge in [-0.2, -0.15) is 0 Å². The highest BCUT2D eigenvalue weighted by Crippen LogP contribution is 2.36. The standard InChI is InChI=1S/C27H40N2O6S2/c1-5-24(26(30)16-21-11-10-18(2)14-19(21)3)28-27(31)25(29-36(4,32)33)17-37(34,35)23-13-12-20-8-6-7-9-22(20)15-23/h6-9,12-13,15,18-19,21,24-26,29-30H,5,10-11,14,16-17H2,1-4H3,(H,28,31). The molecule has 6 atom stereocenters. The van der Waals surface area contributed by atoms with Gasteiger partial charge < -0.3 is 10.4 Å². The van der Waals surface area contributed by atoms with Gasteiger partial charge in [-0.05, 0) is 66.3 Å². The fourth-order valence-electron chi connectivity index (χ4n) is 5.40. The normalized spacial score (nSPS) is 23.3. The van der Waals surface area contributed by atoms with Gasteiger partial charge in [-0.15, -0.1) is 0 Å². The largest absolute Gasteiger partial charge is 0.391 e. The van der Waals surface area contributed by atoms with Crippen LogP contribution in [0.3, 0.4) is 0 Å². The second kappa shape index (κ2) is 12.2. The maximum absolute atomic E-state index is 13.2. The molecule has 0 aliphatic heterocycles. The number of amides is 1. The number of aliphatic hydroxyl groups excluding tert-OH is 1. The van der Waals surface area contributed by atoms with E-state index in [-0.39, 0.29) is 4.90 Å². The second-order valence-electron chi connectivity index (χ2n) is 10.7. The Morgan fingerprint density at radius 3 is 2.35 bits per heavy atom. The van der Waals surface area contributed by atoms with E-state index in [1.807, 2.05) is 19.1 Å². The second-order valence-corrected chi connectivity index (χ2v) is 14.5. The van der Waals surface area contributed by atoms with Crippen LogP contribution in [0.1, 0.15) is 52.9 Å². The van der Waals surface area contributed by atoms with Crippen molar-refractivity contribution in [3.05, 3.63) is 42.5 Å². The number of sulfone groups is 1. The minimum absolute atomic E-state index is 0.00638. The Kier molecular flexibility index (Phi) is 9.77. The van der Waals surface area contributed by atoms with Gasteiger partial charge in [-0.3, -0.25) is 4.79 Å².